The zero-order valence-electron chi connectivity index (χ0n) is 15.8. The van der Waals surface area contributed by atoms with Crippen molar-refractivity contribution < 1.29 is 4.79 Å². The van der Waals surface area contributed by atoms with Crippen molar-refractivity contribution in [2.75, 3.05) is 0 Å². The molecule has 2 aromatic heterocycles. The molecule has 1 amide bonds. The maximum Gasteiger partial charge on any atom is 0.274 e. The molecule has 0 bridgehead atoms. The first kappa shape index (κ1) is 18.9. The molecule has 1 N–H and O–H groups in total. The number of benzene rings is 2. The molecule has 0 aliphatic rings. The molecule has 29 heavy (non-hydrogen) atoms. The fraction of sp³-hybridized carbons (Fsp3) is 0.143. The molecule has 0 saturated heterocycles. The fourth-order valence-corrected chi connectivity index (χ4v) is 3.40. The molecule has 0 spiro atoms. The second kappa shape index (κ2) is 7.52. The highest BCUT2D eigenvalue weighted by molar-refractivity contribution is 6.30. The Bertz CT molecular complexity index is 1260. The highest BCUT2D eigenvalue weighted by Gasteiger charge is 2.24. The predicted molar refractivity (Wildman–Crippen MR) is 111 cm³/mol. The summed E-state index contributed by atoms with van der Waals surface area (Å²) in [6.07, 6.45) is 3.48. The number of imidazole rings is 1. The number of aryl methyl sites for hydroxylation is 2. The zero-order valence-corrected chi connectivity index (χ0v) is 16.6. The van der Waals surface area contributed by atoms with E-state index in [1.54, 1.807) is 42.6 Å². The van der Waals surface area contributed by atoms with Crippen molar-refractivity contribution in [2.45, 2.75) is 6.04 Å². The maximum absolute atomic E-state index is 13.2. The van der Waals surface area contributed by atoms with Crippen LogP contribution in [0.4, 0.5) is 0 Å². The lowest BCUT2D eigenvalue weighted by Crippen LogP contribution is -2.33. The van der Waals surface area contributed by atoms with E-state index >= 15 is 0 Å². The standard InChI is InChI=1S/C21H18ClN5O2/c1-26-12-11-23-19(26)17(13-7-9-14(22)10-8-13)24-20(28)18-15-5-3-4-6-16(15)21(29)27(2)25-18/h3-12,17H,1-2H3,(H,24,28)/t17-/m0/s1. The van der Waals surface area contributed by atoms with E-state index in [4.69, 9.17) is 11.6 Å². The molecule has 0 saturated carbocycles. The van der Waals surface area contributed by atoms with Crippen LogP contribution >= 0.6 is 11.6 Å². The molecular formula is C21H18ClN5O2. The summed E-state index contributed by atoms with van der Waals surface area (Å²) in [5, 5.41) is 8.76. The van der Waals surface area contributed by atoms with E-state index in [1.807, 2.05) is 29.9 Å². The molecule has 0 fully saturated rings. The smallest absolute Gasteiger partial charge is 0.274 e. The zero-order chi connectivity index (χ0) is 20.5. The van der Waals surface area contributed by atoms with Crippen molar-refractivity contribution in [2.24, 2.45) is 14.1 Å². The van der Waals surface area contributed by atoms with Gasteiger partial charge in [0.25, 0.3) is 11.5 Å². The largest absolute Gasteiger partial charge is 0.337 e. The normalized spacial score (nSPS) is 12.1. The van der Waals surface area contributed by atoms with Gasteiger partial charge in [0.05, 0.1) is 5.39 Å². The van der Waals surface area contributed by atoms with Gasteiger partial charge in [0.1, 0.15) is 11.9 Å². The topological polar surface area (TPSA) is 81.8 Å². The van der Waals surface area contributed by atoms with E-state index in [-0.39, 0.29) is 11.3 Å². The van der Waals surface area contributed by atoms with Gasteiger partial charge < -0.3 is 9.88 Å². The number of nitrogens with zero attached hydrogens (tertiary/aromatic N) is 4. The average Bonchev–Trinajstić information content (AvgIpc) is 3.15. The van der Waals surface area contributed by atoms with Gasteiger partial charge in [-0.15, -0.1) is 0 Å². The Balaban J connectivity index is 1.79. The summed E-state index contributed by atoms with van der Waals surface area (Å²) in [5.74, 6) is 0.259. The first-order chi connectivity index (χ1) is 14.0. The fourth-order valence-electron chi connectivity index (χ4n) is 3.27. The molecular weight excluding hydrogens is 390 g/mol. The van der Waals surface area contributed by atoms with Crippen LogP contribution in [0.3, 0.4) is 0 Å². The molecule has 4 rings (SSSR count). The number of carbonyl (C=O) groups excluding carboxylic acids is 1. The van der Waals surface area contributed by atoms with E-state index in [1.165, 1.54) is 11.7 Å². The number of halogens is 1. The quantitative estimate of drug-likeness (QED) is 0.564. The van der Waals surface area contributed by atoms with E-state index in [0.717, 1.165) is 5.56 Å². The van der Waals surface area contributed by atoms with E-state index < -0.39 is 11.9 Å². The summed E-state index contributed by atoms with van der Waals surface area (Å²) in [7, 11) is 3.39. The second-order valence-electron chi connectivity index (χ2n) is 6.68. The van der Waals surface area contributed by atoms with Gasteiger partial charge in [-0.2, -0.15) is 5.10 Å². The van der Waals surface area contributed by atoms with Gasteiger partial charge in [0.2, 0.25) is 0 Å². The first-order valence-electron chi connectivity index (χ1n) is 8.95. The van der Waals surface area contributed by atoms with Crippen molar-refractivity contribution in [3.05, 3.63) is 93.4 Å². The Kier molecular flexibility index (Phi) is 4.90. The van der Waals surface area contributed by atoms with Crippen LogP contribution in [0.5, 0.6) is 0 Å². The van der Waals surface area contributed by atoms with Crippen molar-refractivity contribution in [1.82, 2.24) is 24.6 Å². The molecule has 0 radical (unpaired) electrons. The number of aromatic nitrogens is 4. The third-order valence-corrected chi connectivity index (χ3v) is 5.02. The van der Waals surface area contributed by atoms with Crippen LogP contribution in [-0.4, -0.2) is 25.2 Å². The maximum atomic E-state index is 13.2. The van der Waals surface area contributed by atoms with Crippen LogP contribution in [0.25, 0.3) is 10.8 Å². The predicted octanol–water partition coefficient (Wildman–Crippen LogP) is 2.84. The van der Waals surface area contributed by atoms with Gasteiger partial charge >= 0.3 is 0 Å². The lowest BCUT2D eigenvalue weighted by atomic mass is 10.1. The first-order valence-corrected chi connectivity index (χ1v) is 9.33. The summed E-state index contributed by atoms with van der Waals surface area (Å²) in [5.41, 5.74) is 0.748. The Morgan fingerprint density at radius 2 is 1.76 bits per heavy atom. The number of amides is 1. The Labute approximate surface area is 171 Å². The molecule has 146 valence electrons. The molecule has 0 aliphatic heterocycles. The van der Waals surface area contributed by atoms with Gasteiger partial charge in [0, 0.05) is 36.9 Å². The summed E-state index contributed by atoms with van der Waals surface area (Å²) < 4.78 is 3.02. The minimum absolute atomic E-state index is 0.177. The highest BCUT2D eigenvalue weighted by Crippen LogP contribution is 2.23. The number of nitrogens with one attached hydrogen (secondary N) is 1. The van der Waals surface area contributed by atoms with Gasteiger partial charge in [-0.3, -0.25) is 9.59 Å². The van der Waals surface area contributed by atoms with Crippen LogP contribution in [0.1, 0.15) is 27.9 Å². The van der Waals surface area contributed by atoms with E-state index in [9.17, 15) is 9.59 Å². The Morgan fingerprint density at radius 3 is 2.41 bits per heavy atom. The molecule has 1 atom stereocenters. The monoisotopic (exact) mass is 407 g/mol. The third-order valence-electron chi connectivity index (χ3n) is 4.77. The molecule has 8 heteroatoms. The summed E-state index contributed by atoms with van der Waals surface area (Å²) in [6.45, 7) is 0. The summed E-state index contributed by atoms with van der Waals surface area (Å²) in [6, 6.07) is 13.6. The van der Waals surface area contributed by atoms with Crippen LogP contribution in [-0.2, 0) is 14.1 Å². The SMILES string of the molecule is Cn1ccnc1[C@@H](NC(=O)c1nn(C)c(=O)c2ccccc12)c1ccc(Cl)cc1. The lowest BCUT2D eigenvalue weighted by molar-refractivity contribution is 0.0936. The van der Waals surface area contributed by atoms with Crippen LogP contribution in [0, 0.1) is 0 Å². The molecule has 4 aromatic rings. The minimum atomic E-state index is -0.516. The van der Waals surface area contributed by atoms with Crippen molar-refractivity contribution in [3.8, 4) is 0 Å². The second-order valence-corrected chi connectivity index (χ2v) is 7.11. The molecule has 0 unspecified atom stereocenters. The summed E-state index contributed by atoms with van der Waals surface area (Å²) >= 11 is 6.02. The Morgan fingerprint density at radius 1 is 1.07 bits per heavy atom. The number of rotatable bonds is 4. The van der Waals surface area contributed by atoms with Gasteiger partial charge in [0.15, 0.2) is 5.69 Å². The number of carbonyl (C=O) groups is 1. The van der Waals surface area contributed by atoms with E-state index in [2.05, 4.69) is 15.4 Å². The molecule has 2 heterocycles. The van der Waals surface area contributed by atoms with Crippen LogP contribution in [0.2, 0.25) is 5.02 Å². The van der Waals surface area contributed by atoms with Gasteiger partial charge in [-0.25, -0.2) is 9.67 Å². The number of fused-ring (bicyclic) bond motifs is 1. The van der Waals surface area contributed by atoms with Crippen LogP contribution in [0.15, 0.2) is 65.7 Å². The van der Waals surface area contributed by atoms with Crippen molar-refractivity contribution in [3.63, 3.8) is 0 Å². The molecule has 7 nitrogen and oxygen atoms in total. The highest BCUT2D eigenvalue weighted by atomic mass is 35.5. The summed E-state index contributed by atoms with van der Waals surface area (Å²) in [4.78, 5) is 30.0. The van der Waals surface area contributed by atoms with Gasteiger partial charge in [-0.05, 0) is 23.8 Å². The average molecular weight is 408 g/mol. The number of hydrogen-bond acceptors (Lipinski definition) is 4. The molecule has 0 aliphatic carbocycles. The third kappa shape index (κ3) is 3.52. The van der Waals surface area contributed by atoms with Crippen LogP contribution < -0.4 is 10.9 Å². The van der Waals surface area contributed by atoms with Crippen molar-refractivity contribution >= 4 is 28.3 Å². The number of hydrogen-bond donors (Lipinski definition) is 1. The van der Waals surface area contributed by atoms with Crippen molar-refractivity contribution in [1.29, 1.82) is 0 Å². The minimum Gasteiger partial charge on any atom is -0.337 e. The molecule has 2 aromatic carbocycles. The Hall–Kier alpha value is -3.45. The van der Waals surface area contributed by atoms with E-state index in [0.29, 0.717) is 21.6 Å². The lowest BCUT2D eigenvalue weighted by Gasteiger charge is -2.19. The van der Waals surface area contributed by atoms with Gasteiger partial charge in [-0.1, -0.05) is 41.9 Å².